The van der Waals surface area contributed by atoms with E-state index in [1.165, 1.54) is 11.3 Å². The molecule has 1 N–H and O–H groups in total. The molecule has 1 atom stereocenters. The molecule has 0 spiro atoms. The van der Waals surface area contributed by atoms with Crippen LogP contribution in [0, 0.1) is 13.8 Å². The number of nitrogens with zero attached hydrogens (tertiary/aromatic N) is 2. The highest BCUT2D eigenvalue weighted by atomic mass is 32.1. The third-order valence-electron chi connectivity index (χ3n) is 4.25. The standard InChI is InChI=1S/C21H23N3O3S/c1-5-17(27-18-11-6-13(2)12-14(18)3)19(25)22-21-24-23-20(28-21)15-7-9-16(26-4)10-8-15/h6-12,17H,5H2,1-4H3,(H,22,24,25)/t17-/m1/s1. The summed E-state index contributed by atoms with van der Waals surface area (Å²) in [7, 11) is 1.62. The molecule has 0 aliphatic carbocycles. The van der Waals surface area contributed by atoms with E-state index in [-0.39, 0.29) is 5.91 Å². The molecule has 0 radical (unpaired) electrons. The Balaban J connectivity index is 1.68. The Labute approximate surface area is 168 Å². The zero-order valence-electron chi connectivity index (χ0n) is 16.4. The second kappa shape index (κ2) is 8.84. The summed E-state index contributed by atoms with van der Waals surface area (Å²) in [6, 6.07) is 13.4. The van der Waals surface area contributed by atoms with Gasteiger partial charge in [0.2, 0.25) is 5.13 Å². The number of nitrogens with one attached hydrogen (secondary N) is 1. The van der Waals surface area contributed by atoms with Gasteiger partial charge in [0.15, 0.2) is 6.10 Å². The van der Waals surface area contributed by atoms with Gasteiger partial charge in [-0.15, -0.1) is 10.2 Å². The van der Waals surface area contributed by atoms with Gasteiger partial charge in [-0.2, -0.15) is 0 Å². The van der Waals surface area contributed by atoms with E-state index in [4.69, 9.17) is 9.47 Å². The van der Waals surface area contributed by atoms with E-state index in [0.717, 1.165) is 27.4 Å². The van der Waals surface area contributed by atoms with Crippen molar-refractivity contribution < 1.29 is 14.3 Å². The third-order valence-corrected chi connectivity index (χ3v) is 5.14. The first-order valence-corrected chi connectivity index (χ1v) is 9.84. The molecule has 6 nitrogen and oxygen atoms in total. The molecule has 1 heterocycles. The molecule has 3 rings (SSSR count). The lowest BCUT2D eigenvalue weighted by Crippen LogP contribution is -2.32. The molecule has 1 amide bonds. The third kappa shape index (κ3) is 4.67. The number of aromatic nitrogens is 2. The highest BCUT2D eigenvalue weighted by molar-refractivity contribution is 7.18. The maximum Gasteiger partial charge on any atom is 0.267 e. The van der Waals surface area contributed by atoms with E-state index in [1.54, 1.807) is 7.11 Å². The van der Waals surface area contributed by atoms with Crippen LogP contribution in [0.4, 0.5) is 5.13 Å². The van der Waals surface area contributed by atoms with Gasteiger partial charge in [0, 0.05) is 5.56 Å². The van der Waals surface area contributed by atoms with Crippen LogP contribution >= 0.6 is 11.3 Å². The number of rotatable bonds is 7. The number of hydrogen-bond donors (Lipinski definition) is 1. The normalized spacial score (nSPS) is 11.7. The van der Waals surface area contributed by atoms with E-state index >= 15 is 0 Å². The average Bonchev–Trinajstić information content (AvgIpc) is 3.16. The van der Waals surface area contributed by atoms with Gasteiger partial charge < -0.3 is 9.47 Å². The minimum Gasteiger partial charge on any atom is -0.497 e. The molecule has 0 saturated heterocycles. The highest BCUT2D eigenvalue weighted by Crippen LogP contribution is 2.28. The van der Waals surface area contributed by atoms with Crippen molar-refractivity contribution in [2.24, 2.45) is 0 Å². The largest absolute Gasteiger partial charge is 0.497 e. The first-order valence-electron chi connectivity index (χ1n) is 9.03. The Hall–Kier alpha value is -2.93. The number of aryl methyl sites for hydroxylation is 2. The van der Waals surface area contributed by atoms with Gasteiger partial charge in [-0.3, -0.25) is 10.1 Å². The minimum atomic E-state index is -0.602. The molecule has 146 valence electrons. The molecule has 0 aliphatic rings. The molecule has 0 unspecified atom stereocenters. The molecular weight excluding hydrogens is 374 g/mol. The summed E-state index contributed by atoms with van der Waals surface area (Å²) in [4.78, 5) is 12.6. The van der Waals surface area contributed by atoms with Crippen LogP contribution in [0.3, 0.4) is 0 Å². The van der Waals surface area contributed by atoms with Crippen molar-refractivity contribution in [1.29, 1.82) is 0 Å². The van der Waals surface area contributed by atoms with Crippen molar-refractivity contribution in [1.82, 2.24) is 10.2 Å². The molecular formula is C21H23N3O3S. The SMILES string of the molecule is CC[C@@H](Oc1ccc(C)cc1C)C(=O)Nc1nnc(-c2ccc(OC)cc2)s1. The van der Waals surface area contributed by atoms with Gasteiger partial charge in [-0.05, 0) is 56.2 Å². The Morgan fingerprint density at radius 1 is 1.14 bits per heavy atom. The fourth-order valence-corrected chi connectivity index (χ4v) is 3.47. The van der Waals surface area contributed by atoms with Crippen LogP contribution in [-0.4, -0.2) is 29.3 Å². The summed E-state index contributed by atoms with van der Waals surface area (Å²) in [5.74, 6) is 1.25. The van der Waals surface area contributed by atoms with Crippen LogP contribution in [0.15, 0.2) is 42.5 Å². The zero-order valence-corrected chi connectivity index (χ0v) is 17.2. The van der Waals surface area contributed by atoms with Gasteiger partial charge >= 0.3 is 0 Å². The molecule has 0 bridgehead atoms. The van der Waals surface area contributed by atoms with Crippen molar-refractivity contribution in [2.45, 2.75) is 33.3 Å². The molecule has 2 aromatic carbocycles. The Bertz CT molecular complexity index is 954. The molecule has 7 heteroatoms. The average molecular weight is 398 g/mol. The molecule has 1 aromatic heterocycles. The van der Waals surface area contributed by atoms with E-state index in [9.17, 15) is 4.79 Å². The van der Waals surface area contributed by atoms with Gasteiger partial charge in [0.1, 0.15) is 16.5 Å². The Kier molecular flexibility index (Phi) is 6.26. The smallest absolute Gasteiger partial charge is 0.267 e. The predicted molar refractivity (Wildman–Crippen MR) is 111 cm³/mol. The lowest BCUT2D eigenvalue weighted by Gasteiger charge is -2.18. The van der Waals surface area contributed by atoms with Crippen LogP contribution < -0.4 is 14.8 Å². The maximum atomic E-state index is 12.6. The van der Waals surface area contributed by atoms with Crippen LogP contribution in [0.5, 0.6) is 11.5 Å². The van der Waals surface area contributed by atoms with Gasteiger partial charge in [0.05, 0.1) is 7.11 Å². The van der Waals surface area contributed by atoms with Gasteiger partial charge in [-0.25, -0.2) is 0 Å². The van der Waals surface area contributed by atoms with E-state index < -0.39 is 6.10 Å². The van der Waals surface area contributed by atoms with Crippen LogP contribution in [-0.2, 0) is 4.79 Å². The molecule has 28 heavy (non-hydrogen) atoms. The second-order valence-corrected chi connectivity index (χ2v) is 7.39. The summed E-state index contributed by atoms with van der Waals surface area (Å²) in [6.07, 6.45) is -0.0572. The monoisotopic (exact) mass is 397 g/mol. The quantitative estimate of drug-likeness (QED) is 0.629. The van der Waals surface area contributed by atoms with Crippen molar-refractivity contribution in [3.05, 3.63) is 53.6 Å². The van der Waals surface area contributed by atoms with Gasteiger partial charge in [0.25, 0.3) is 5.91 Å². The molecule has 0 saturated carbocycles. The summed E-state index contributed by atoms with van der Waals surface area (Å²) in [6.45, 7) is 5.91. The molecule has 3 aromatic rings. The molecule has 0 fully saturated rings. The Morgan fingerprint density at radius 2 is 1.89 bits per heavy atom. The molecule has 0 aliphatic heterocycles. The van der Waals surface area contributed by atoms with Crippen LogP contribution in [0.2, 0.25) is 0 Å². The van der Waals surface area contributed by atoms with Gasteiger partial charge in [-0.1, -0.05) is 36.0 Å². The number of benzene rings is 2. The highest BCUT2D eigenvalue weighted by Gasteiger charge is 2.21. The minimum absolute atomic E-state index is 0.236. The first kappa shape index (κ1) is 19.8. The number of anilines is 1. The predicted octanol–water partition coefficient (Wildman–Crippen LogP) is 4.63. The number of methoxy groups -OCH3 is 1. The Morgan fingerprint density at radius 3 is 2.54 bits per heavy atom. The van der Waals surface area contributed by atoms with Crippen molar-refractivity contribution in [3.63, 3.8) is 0 Å². The summed E-state index contributed by atoms with van der Waals surface area (Å²) in [5, 5.41) is 12.2. The number of carbonyl (C=O) groups is 1. The van der Waals surface area contributed by atoms with E-state index in [0.29, 0.717) is 17.3 Å². The number of carbonyl (C=O) groups excluding carboxylic acids is 1. The number of hydrogen-bond acceptors (Lipinski definition) is 6. The maximum absolute atomic E-state index is 12.6. The van der Waals surface area contributed by atoms with Crippen molar-refractivity contribution >= 4 is 22.4 Å². The van der Waals surface area contributed by atoms with Crippen LogP contribution in [0.25, 0.3) is 10.6 Å². The summed E-state index contributed by atoms with van der Waals surface area (Å²) >= 11 is 1.32. The van der Waals surface area contributed by atoms with Crippen LogP contribution in [0.1, 0.15) is 24.5 Å². The second-order valence-electron chi connectivity index (χ2n) is 6.41. The van der Waals surface area contributed by atoms with Crippen molar-refractivity contribution in [2.75, 3.05) is 12.4 Å². The van der Waals surface area contributed by atoms with E-state index in [1.807, 2.05) is 63.2 Å². The topological polar surface area (TPSA) is 73.3 Å². The first-order chi connectivity index (χ1) is 13.5. The zero-order chi connectivity index (χ0) is 20.1. The summed E-state index contributed by atoms with van der Waals surface area (Å²) < 4.78 is 11.1. The summed E-state index contributed by atoms with van der Waals surface area (Å²) in [5.41, 5.74) is 3.07. The van der Waals surface area contributed by atoms with Crippen molar-refractivity contribution in [3.8, 4) is 22.1 Å². The lowest BCUT2D eigenvalue weighted by atomic mass is 10.1. The fourth-order valence-electron chi connectivity index (χ4n) is 2.72. The lowest BCUT2D eigenvalue weighted by molar-refractivity contribution is -0.122. The van der Waals surface area contributed by atoms with E-state index in [2.05, 4.69) is 15.5 Å². The fraction of sp³-hybridized carbons (Fsp3) is 0.286. The number of amides is 1. The number of ether oxygens (including phenoxy) is 2.